The zero-order valence-electron chi connectivity index (χ0n) is 17.0. The molecule has 1 saturated heterocycles. The zero-order valence-corrected chi connectivity index (χ0v) is 26.8. The average Bonchev–Trinajstić information content (AvgIpc) is 3.40. The molecule has 28 heavy (non-hydrogen) atoms. The molecule has 9 atom stereocenters. The molecule has 0 aromatic rings. The zero-order chi connectivity index (χ0) is 17.6. The standard InChI is InChI=1S/C22H24O4.2Rb/c1-10-14-8-15(20-12-6-5-11(7-12)19(14)20)18(10)22(24)25-9-16-13-3-2-4-17(13)26-21(16)23;;/h2,4-6,11-17,19-20H,3,7-9H2,1H3;;/q-2;2*+1/t11?,12?,13-,14?,15?,16+,17-,19?,20?;;/m1../s1. The van der Waals surface area contributed by atoms with Crippen LogP contribution in [0.3, 0.4) is 0 Å². The Balaban J connectivity index is 0.000000961. The van der Waals surface area contributed by atoms with Gasteiger partial charge in [0.2, 0.25) is 0 Å². The molecule has 0 radical (unpaired) electrons. The van der Waals surface area contributed by atoms with Crippen LogP contribution in [-0.2, 0) is 19.1 Å². The van der Waals surface area contributed by atoms with Crippen molar-refractivity contribution in [2.75, 3.05) is 6.61 Å². The summed E-state index contributed by atoms with van der Waals surface area (Å²) in [4.78, 5) is 25.0. The summed E-state index contributed by atoms with van der Waals surface area (Å²) in [6, 6.07) is 0. The number of allylic oxidation sites excluding steroid dienone is 3. The van der Waals surface area contributed by atoms with Gasteiger partial charge in [-0.15, -0.1) is 6.42 Å². The van der Waals surface area contributed by atoms with E-state index in [1.807, 2.05) is 6.08 Å². The second-order valence-electron chi connectivity index (χ2n) is 9.08. The minimum atomic E-state index is -0.309. The molecule has 3 saturated carbocycles. The maximum atomic E-state index is 12.9. The molecule has 1 aliphatic heterocycles. The van der Waals surface area contributed by atoms with Crippen LogP contribution < -0.4 is 116 Å². The van der Waals surface area contributed by atoms with E-state index in [1.54, 1.807) is 0 Å². The first-order chi connectivity index (χ1) is 12.6. The predicted octanol–water partition coefficient (Wildman–Crippen LogP) is -3.09. The molecule has 5 aliphatic carbocycles. The number of fused-ring (bicyclic) bond motifs is 10. The van der Waals surface area contributed by atoms with E-state index in [9.17, 15) is 9.59 Å². The monoisotopic (exact) mass is 522 g/mol. The Morgan fingerprint density at radius 2 is 1.86 bits per heavy atom. The normalized spacial score (nSPS) is 46.2. The van der Waals surface area contributed by atoms with Crippen LogP contribution in [0.25, 0.3) is 0 Å². The van der Waals surface area contributed by atoms with Gasteiger partial charge in [0.15, 0.2) is 0 Å². The van der Waals surface area contributed by atoms with Gasteiger partial charge in [-0.05, 0) is 30.8 Å². The third-order valence-corrected chi connectivity index (χ3v) is 8.21. The summed E-state index contributed by atoms with van der Waals surface area (Å²) in [7, 11) is 0. The summed E-state index contributed by atoms with van der Waals surface area (Å²) < 4.78 is 11.1. The van der Waals surface area contributed by atoms with Gasteiger partial charge in [0.25, 0.3) is 0 Å². The number of carbonyl (C=O) groups is 2. The molecular weight excluding hydrogens is 499 g/mol. The van der Waals surface area contributed by atoms with E-state index < -0.39 is 0 Å². The largest absolute Gasteiger partial charge is 1.00 e. The second kappa shape index (κ2) is 8.68. The number of esters is 2. The van der Waals surface area contributed by atoms with Crippen molar-refractivity contribution in [3.05, 3.63) is 36.1 Å². The van der Waals surface area contributed by atoms with Crippen molar-refractivity contribution in [1.82, 2.24) is 0 Å². The molecule has 4 nitrogen and oxygen atoms in total. The van der Waals surface area contributed by atoms with Crippen molar-refractivity contribution < 1.29 is 135 Å². The van der Waals surface area contributed by atoms with Crippen molar-refractivity contribution in [2.24, 2.45) is 47.3 Å². The maximum absolute atomic E-state index is 12.9. The Labute approximate surface area is 264 Å². The first kappa shape index (κ1) is 23.1. The minimum Gasteiger partial charge on any atom is -0.489 e. The van der Waals surface area contributed by atoms with E-state index in [-0.39, 0.29) is 153 Å². The Kier molecular flexibility index (Phi) is 7.15. The smallest absolute Gasteiger partial charge is 0.489 e. The van der Waals surface area contributed by atoms with Crippen LogP contribution in [0, 0.1) is 59.2 Å². The van der Waals surface area contributed by atoms with Gasteiger partial charge >= 0.3 is 122 Å². The number of carbonyl (C=O) groups excluding carboxylic acids is 2. The van der Waals surface area contributed by atoms with Crippen molar-refractivity contribution in [3.8, 4) is 0 Å². The van der Waals surface area contributed by atoms with E-state index in [4.69, 9.17) is 9.47 Å². The summed E-state index contributed by atoms with van der Waals surface area (Å²) in [5.74, 6) is 5.35. The Hall–Kier alpha value is 1.90. The fourth-order valence-corrected chi connectivity index (χ4v) is 7.20. The van der Waals surface area contributed by atoms with Crippen molar-refractivity contribution in [3.63, 3.8) is 0 Å². The molecule has 6 aliphatic rings. The van der Waals surface area contributed by atoms with Crippen LogP contribution >= 0.6 is 0 Å². The molecule has 0 spiro atoms. The molecule has 6 heteroatoms. The van der Waals surface area contributed by atoms with Gasteiger partial charge in [0.05, 0.1) is 5.92 Å². The predicted molar refractivity (Wildman–Crippen MR) is 93.1 cm³/mol. The first-order valence-electron chi connectivity index (χ1n) is 10.1. The Bertz CT molecular complexity index is 734. The van der Waals surface area contributed by atoms with Crippen LogP contribution in [0.15, 0.2) is 24.3 Å². The number of hydrogen-bond donors (Lipinski definition) is 0. The van der Waals surface area contributed by atoms with Crippen LogP contribution in [0.5, 0.6) is 0 Å². The summed E-state index contributed by atoms with van der Waals surface area (Å²) in [6.45, 7) is 2.29. The van der Waals surface area contributed by atoms with Crippen molar-refractivity contribution in [2.45, 2.75) is 32.3 Å². The van der Waals surface area contributed by atoms with E-state index in [0.29, 0.717) is 23.7 Å². The van der Waals surface area contributed by atoms with E-state index >= 15 is 0 Å². The van der Waals surface area contributed by atoms with Crippen molar-refractivity contribution >= 4 is 11.9 Å². The molecule has 4 bridgehead atoms. The SMILES string of the molecule is C[C-]1[C-](C(=O)OC[C@@H]2C(=O)O[C@@H]3C=CC[C@H]23)C2CC1C1C3C=CC(C3)C21.[Rb+].[Rb+]. The molecule has 6 rings (SSSR count). The molecule has 0 N–H and O–H groups in total. The van der Waals surface area contributed by atoms with E-state index in [1.165, 1.54) is 12.3 Å². The molecule has 1 heterocycles. The van der Waals surface area contributed by atoms with Crippen LogP contribution in [0.2, 0.25) is 0 Å². The van der Waals surface area contributed by atoms with E-state index in [0.717, 1.165) is 30.6 Å². The molecule has 0 aromatic carbocycles. The fraction of sp³-hybridized carbons (Fsp3) is 0.636. The van der Waals surface area contributed by atoms with Gasteiger partial charge in [-0.2, -0.15) is 11.8 Å². The summed E-state index contributed by atoms with van der Waals surface area (Å²) in [6.07, 6.45) is 11.9. The topological polar surface area (TPSA) is 52.6 Å². The minimum absolute atomic E-state index is 0. The Morgan fingerprint density at radius 1 is 1.14 bits per heavy atom. The number of rotatable bonds is 3. The molecule has 138 valence electrons. The Morgan fingerprint density at radius 3 is 2.61 bits per heavy atom. The third kappa shape index (κ3) is 3.33. The van der Waals surface area contributed by atoms with E-state index in [2.05, 4.69) is 25.2 Å². The quantitative estimate of drug-likeness (QED) is 0.171. The molecule has 0 aromatic heterocycles. The third-order valence-electron chi connectivity index (χ3n) is 8.21. The molecule has 6 unspecified atom stereocenters. The van der Waals surface area contributed by atoms with Gasteiger partial charge in [0, 0.05) is 5.92 Å². The van der Waals surface area contributed by atoms with Gasteiger partial charge < -0.3 is 21.3 Å². The number of ether oxygens (including phenoxy) is 2. The summed E-state index contributed by atoms with van der Waals surface area (Å²) >= 11 is 0. The molecule has 0 amide bonds. The summed E-state index contributed by atoms with van der Waals surface area (Å²) in [5.41, 5.74) is 0. The van der Waals surface area contributed by atoms with Crippen LogP contribution in [0.4, 0.5) is 0 Å². The van der Waals surface area contributed by atoms with Gasteiger partial charge in [-0.3, -0.25) is 9.59 Å². The van der Waals surface area contributed by atoms with Crippen molar-refractivity contribution in [1.29, 1.82) is 0 Å². The maximum Gasteiger partial charge on any atom is 1.00 e. The first-order valence-corrected chi connectivity index (χ1v) is 10.1. The fourth-order valence-electron chi connectivity index (χ4n) is 7.20. The van der Waals surface area contributed by atoms with Crippen LogP contribution in [0.1, 0.15) is 26.2 Å². The van der Waals surface area contributed by atoms with Gasteiger partial charge in [-0.1, -0.05) is 30.1 Å². The molecule has 4 fully saturated rings. The van der Waals surface area contributed by atoms with Gasteiger partial charge in [0.1, 0.15) is 18.7 Å². The molecular formula is C22H24O4Rb2. The number of hydrogen-bond acceptors (Lipinski definition) is 4. The average molecular weight is 523 g/mol. The second-order valence-corrected chi connectivity index (χ2v) is 9.08. The van der Waals surface area contributed by atoms with Crippen LogP contribution in [-0.4, -0.2) is 24.6 Å². The summed E-state index contributed by atoms with van der Waals surface area (Å²) in [5, 5.41) is 0. The van der Waals surface area contributed by atoms with Gasteiger partial charge in [-0.25, -0.2) is 6.92 Å².